The summed E-state index contributed by atoms with van der Waals surface area (Å²) in [5.74, 6) is 0. The van der Waals surface area contributed by atoms with Crippen LogP contribution in [-0.4, -0.2) is 40.0 Å². The van der Waals surface area contributed by atoms with Crippen molar-refractivity contribution in [2.45, 2.75) is 25.1 Å². The second-order valence-corrected chi connectivity index (χ2v) is 5.31. The van der Waals surface area contributed by atoms with E-state index >= 15 is 0 Å². The summed E-state index contributed by atoms with van der Waals surface area (Å²) in [5, 5.41) is 24.8. The van der Waals surface area contributed by atoms with Crippen molar-refractivity contribution in [3.8, 4) is 0 Å². The second kappa shape index (κ2) is 8.87. The Labute approximate surface area is 135 Å². The maximum absolute atomic E-state index is 10.9. The molecular formula is C17H21N3O3. The number of pyridine rings is 1. The number of nitrogens with zero attached hydrogens (tertiary/aromatic N) is 1. The van der Waals surface area contributed by atoms with Crippen LogP contribution in [-0.2, 0) is 13.0 Å². The summed E-state index contributed by atoms with van der Waals surface area (Å²) in [6.07, 6.45) is 1.91. The number of carboxylic acid groups (broad SMARTS) is 1. The molecule has 0 spiro atoms. The molecular weight excluding hydrogens is 294 g/mol. The van der Waals surface area contributed by atoms with E-state index in [9.17, 15) is 9.90 Å². The molecule has 0 bridgehead atoms. The molecule has 1 amide bonds. The van der Waals surface area contributed by atoms with E-state index in [1.165, 1.54) is 0 Å². The van der Waals surface area contributed by atoms with Crippen LogP contribution < -0.4 is 10.6 Å². The van der Waals surface area contributed by atoms with Crippen molar-refractivity contribution >= 4 is 6.09 Å². The van der Waals surface area contributed by atoms with E-state index in [2.05, 4.69) is 15.6 Å². The molecule has 0 unspecified atom stereocenters. The number of carbonyl (C=O) groups is 1. The molecule has 0 fully saturated rings. The minimum absolute atomic E-state index is 0.284. The third kappa shape index (κ3) is 6.06. The summed E-state index contributed by atoms with van der Waals surface area (Å²) in [4.78, 5) is 15.0. The molecule has 2 atom stereocenters. The lowest BCUT2D eigenvalue weighted by Crippen LogP contribution is -2.48. The molecule has 6 heteroatoms. The van der Waals surface area contributed by atoms with Crippen molar-refractivity contribution in [2.24, 2.45) is 0 Å². The first-order valence-electron chi connectivity index (χ1n) is 7.46. The third-order valence-electron chi connectivity index (χ3n) is 3.48. The molecule has 6 nitrogen and oxygen atoms in total. The summed E-state index contributed by atoms with van der Waals surface area (Å²) >= 11 is 0. The topological polar surface area (TPSA) is 94.5 Å². The van der Waals surface area contributed by atoms with Crippen LogP contribution in [0.15, 0.2) is 54.9 Å². The van der Waals surface area contributed by atoms with Gasteiger partial charge in [0.1, 0.15) is 0 Å². The average Bonchev–Trinajstić information content (AvgIpc) is 2.56. The van der Waals surface area contributed by atoms with Gasteiger partial charge in [-0.05, 0) is 23.6 Å². The highest BCUT2D eigenvalue weighted by atomic mass is 16.4. The molecule has 0 aliphatic heterocycles. The van der Waals surface area contributed by atoms with E-state index in [1.807, 2.05) is 42.5 Å². The van der Waals surface area contributed by atoms with E-state index in [0.29, 0.717) is 13.0 Å². The van der Waals surface area contributed by atoms with Crippen molar-refractivity contribution in [1.29, 1.82) is 0 Å². The van der Waals surface area contributed by atoms with Gasteiger partial charge in [-0.3, -0.25) is 4.98 Å². The molecule has 0 radical (unpaired) electrons. The maximum Gasteiger partial charge on any atom is 0.404 e. The molecule has 0 aliphatic carbocycles. The van der Waals surface area contributed by atoms with Crippen molar-refractivity contribution < 1.29 is 15.0 Å². The summed E-state index contributed by atoms with van der Waals surface area (Å²) in [5.41, 5.74) is 1.98. The quantitative estimate of drug-likeness (QED) is 0.591. The van der Waals surface area contributed by atoms with Gasteiger partial charge in [0, 0.05) is 25.5 Å². The van der Waals surface area contributed by atoms with Crippen LogP contribution in [0.25, 0.3) is 0 Å². The van der Waals surface area contributed by atoms with Gasteiger partial charge in [0.05, 0.1) is 12.1 Å². The van der Waals surface area contributed by atoms with Crippen LogP contribution in [0.5, 0.6) is 0 Å². The average molecular weight is 315 g/mol. The van der Waals surface area contributed by atoms with E-state index < -0.39 is 18.2 Å². The van der Waals surface area contributed by atoms with Crippen molar-refractivity contribution in [2.75, 3.05) is 6.54 Å². The first-order valence-corrected chi connectivity index (χ1v) is 7.46. The molecule has 0 saturated carbocycles. The maximum atomic E-state index is 10.9. The standard InChI is InChI=1S/C17H21N3O3/c21-16(12-19-11-14-7-4-8-18-10-14)15(20-17(22)23)9-13-5-2-1-3-6-13/h1-8,10,15-16,19-21H,9,11-12H2,(H,22,23)/t15-,16+/m0/s1. The lowest BCUT2D eigenvalue weighted by Gasteiger charge is -2.23. The normalized spacial score (nSPS) is 13.3. The highest BCUT2D eigenvalue weighted by molar-refractivity contribution is 5.65. The van der Waals surface area contributed by atoms with Crippen molar-refractivity contribution in [3.05, 3.63) is 66.0 Å². The molecule has 23 heavy (non-hydrogen) atoms. The van der Waals surface area contributed by atoms with Gasteiger partial charge < -0.3 is 20.8 Å². The van der Waals surface area contributed by atoms with Gasteiger partial charge in [-0.1, -0.05) is 36.4 Å². The van der Waals surface area contributed by atoms with E-state index in [4.69, 9.17) is 5.11 Å². The van der Waals surface area contributed by atoms with Crippen molar-refractivity contribution in [1.82, 2.24) is 15.6 Å². The molecule has 0 saturated heterocycles. The second-order valence-electron chi connectivity index (χ2n) is 5.31. The number of hydrogen-bond donors (Lipinski definition) is 4. The predicted molar refractivity (Wildman–Crippen MR) is 87.0 cm³/mol. The highest BCUT2D eigenvalue weighted by Gasteiger charge is 2.21. The first kappa shape index (κ1) is 16.9. The van der Waals surface area contributed by atoms with Gasteiger partial charge >= 0.3 is 6.09 Å². The highest BCUT2D eigenvalue weighted by Crippen LogP contribution is 2.06. The lowest BCUT2D eigenvalue weighted by molar-refractivity contribution is 0.117. The zero-order valence-corrected chi connectivity index (χ0v) is 12.7. The zero-order chi connectivity index (χ0) is 16.5. The summed E-state index contributed by atoms with van der Waals surface area (Å²) in [6.45, 7) is 0.850. The van der Waals surface area contributed by atoms with Crippen LogP contribution in [0.2, 0.25) is 0 Å². The predicted octanol–water partition coefficient (Wildman–Crippen LogP) is 1.41. The van der Waals surface area contributed by atoms with Gasteiger partial charge in [-0.2, -0.15) is 0 Å². The minimum atomic E-state index is -1.14. The Bertz CT molecular complexity index is 593. The monoisotopic (exact) mass is 315 g/mol. The molecule has 4 N–H and O–H groups in total. The molecule has 1 aromatic heterocycles. The SMILES string of the molecule is O=C(O)N[C@@H](Cc1ccccc1)[C@H](O)CNCc1cccnc1. The number of amides is 1. The lowest BCUT2D eigenvalue weighted by atomic mass is 10.0. The van der Waals surface area contributed by atoms with E-state index in [0.717, 1.165) is 11.1 Å². The van der Waals surface area contributed by atoms with Crippen molar-refractivity contribution in [3.63, 3.8) is 0 Å². The number of aromatic nitrogens is 1. The Balaban J connectivity index is 1.88. The molecule has 0 aliphatic rings. The van der Waals surface area contributed by atoms with Crippen LogP contribution in [0.1, 0.15) is 11.1 Å². The fourth-order valence-electron chi connectivity index (χ4n) is 2.32. The smallest absolute Gasteiger partial charge is 0.404 e. The number of hydrogen-bond acceptors (Lipinski definition) is 4. The summed E-state index contributed by atoms with van der Waals surface area (Å²) < 4.78 is 0. The Kier molecular flexibility index (Phi) is 6.53. The zero-order valence-electron chi connectivity index (χ0n) is 12.7. The Hall–Kier alpha value is -2.44. The third-order valence-corrected chi connectivity index (χ3v) is 3.48. The number of aliphatic hydroxyl groups is 1. The van der Waals surface area contributed by atoms with Crippen LogP contribution in [0.4, 0.5) is 4.79 Å². The van der Waals surface area contributed by atoms with Gasteiger partial charge in [0.25, 0.3) is 0 Å². The molecule has 1 aromatic carbocycles. The first-order chi connectivity index (χ1) is 11.1. The number of benzene rings is 1. The minimum Gasteiger partial charge on any atom is -0.465 e. The van der Waals surface area contributed by atoms with Crippen LogP contribution >= 0.6 is 0 Å². The number of aliphatic hydroxyl groups excluding tert-OH is 1. The number of rotatable bonds is 8. The summed E-state index contributed by atoms with van der Waals surface area (Å²) in [7, 11) is 0. The Morgan fingerprint density at radius 1 is 1.13 bits per heavy atom. The molecule has 2 rings (SSSR count). The Morgan fingerprint density at radius 2 is 1.87 bits per heavy atom. The number of nitrogens with one attached hydrogen (secondary N) is 2. The van der Waals surface area contributed by atoms with Crippen LogP contribution in [0, 0.1) is 0 Å². The van der Waals surface area contributed by atoms with Gasteiger partial charge in [0.15, 0.2) is 0 Å². The van der Waals surface area contributed by atoms with Gasteiger partial charge in [-0.25, -0.2) is 4.79 Å². The van der Waals surface area contributed by atoms with Gasteiger partial charge in [0.2, 0.25) is 0 Å². The van der Waals surface area contributed by atoms with E-state index in [1.54, 1.807) is 12.4 Å². The molecule has 2 aromatic rings. The van der Waals surface area contributed by atoms with E-state index in [-0.39, 0.29) is 6.54 Å². The summed E-state index contributed by atoms with van der Waals surface area (Å²) in [6, 6.07) is 12.7. The fourth-order valence-corrected chi connectivity index (χ4v) is 2.32. The van der Waals surface area contributed by atoms with Gasteiger partial charge in [-0.15, -0.1) is 0 Å². The Morgan fingerprint density at radius 3 is 2.52 bits per heavy atom. The van der Waals surface area contributed by atoms with Crippen LogP contribution in [0.3, 0.4) is 0 Å². The fraction of sp³-hybridized carbons (Fsp3) is 0.294. The molecule has 1 heterocycles. The molecule has 122 valence electrons. The largest absolute Gasteiger partial charge is 0.465 e.